The van der Waals surface area contributed by atoms with E-state index < -0.39 is 28.8 Å². The molecule has 1 N–H and O–H groups in total. The molecular weight excluding hydrogens is 360 g/mol. The van der Waals surface area contributed by atoms with Crippen molar-refractivity contribution in [2.75, 3.05) is 13.1 Å². The summed E-state index contributed by atoms with van der Waals surface area (Å²) >= 11 is 1.00. The molecule has 0 radical (unpaired) electrons. The summed E-state index contributed by atoms with van der Waals surface area (Å²) in [5, 5.41) is 8.41. The summed E-state index contributed by atoms with van der Waals surface area (Å²) in [6, 6.07) is 12.1. The van der Waals surface area contributed by atoms with E-state index in [0.29, 0.717) is 18.5 Å². The quantitative estimate of drug-likeness (QED) is 0.807. The summed E-state index contributed by atoms with van der Waals surface area (Å²) in [5.74, 6) is -3.18. The monoisotopic (exact) mass is 377 g/mol. The van der Waals surface area contributed by atoms with Crippen LogP contribution in [0.2, 0.25) is 0 Å². The van der Waals surface area contributed by atoms with Gasteiger partial charge in [0.25, 0.3) is 0 Å². The minimum atomic E-state index is -0.922. The summed E-state index contributed by atoms with van der Waals surface area (Å²) in [6.45, 7) is 0.496. The Morgan fingerprint density at radius 1 is 1.15 bits per heavy atom. The number of carbonyl (C=O) groups excluding carboxylic acids is 1. The molecule has 1 aliphatic rings. The number of amides is 1. The SMILES string of the molecule is O=C(O)C1CCN(C(=O)C(Sc2ccc(F)cc2F)c2ccccc2)C1. The number of carboxylic acids is 1. The lowest BCUT2D eigenvalue weighted by Crippen LogP contribution is -2.33. The van der Waals surface area contributed by atoms with E-state index in [1.165, 1.54) is 11.0 Å². The Labute approximate surface area is 153 Å². The lowest BCUT2D eigenvalue weighted by molar-refractivity contribution is -0.141. The highest BCUT2D eigenvalue weighted by Gasteiger charge is 2.35. The lowest BCUT2D eigenvalue weighted by atomic mass is 10.1. The van der Waals surface area contributed by atoms with Crippen LogP contribution in [0.15, 0.2) is 53.4 Å². The minimum absolute atomic E-state index is 0.143. The molecule has 1 aliphatic heterocycles. The molecule has 0 aliphatic carbocycles. The van der Waals surface area contributed by atoms with E-state index in [9.17, 15) is 18.4 Å². The van der Waals surface area contributed by atoms with E-state index in [1.807, 2.05) is 6.07 Å². The molecule has 0 aromatic heterocycles. The van der Waals surface area contributed by atoms with Gasteiger partial charge in [-0.1, -0.05) is 30.3 Å². The van der Waals surface area contributed by atoms with Gasteiger partial charge in [-0.2, -0.15) is 0 Å². The van der Waals surface area contributed by atoms with Gasteiger partial charge in [0, 0.05) is 24.1 Å². The van der Waals surface area contributed by atoms with Crippen LogP contribution >= 0.6 is 11.8 Å². The first-order valence-corrected chi connectivity index (χ1v) is 9.02. The van der Waals surface area contributed by atoms with Crippen LogP contribution in [-0.4, -0.2) is 35.0 Å². The van der Waals surface area contributed by atoms with Crippen LogP contribution in [0.4, 0.5) is 8.78 Å². The number of likely N-dealkylation sites (tertiary alicyclic amines) is 1. The van der Waals surface area contributed by atoms with Crippen molar-refractivity contribution in [1.82, 2.24) is 4.90 Å². The van der Waals surface area contributed by atoms with Gasteiger partial charge in [-0.3, -0.25) is 9.59 Å². The molecule has 7 heteroatoms. The molecule has 26 heavy (non-hydrogen) atoms. The summed E-state index contributed by atoms with van der Waals surface area (Å²) in [7, 11) is 0. The van der Waals surface area contributed by atoms with Gasteiger partial charge in [0.05, 0.1) is 5.92 Å². The molecule has 2 atom stereocenters. The highest BCUT2D eigenvalue weighted by atomic mass is 32.2. The average Bonchev–Trinajstić information content (AvgIpc) is 3.12. The molecule has 1 fully saturated rings. The molecule has 1 heterocycles. The maximum Gasteiger partial charge on any atom is 0.308 e. The number of aliphatic carboxylic acids is 1. The maximum atomic E-state index is 14.1. The topological polar surface area (TPSA) is 57.6 Å². The molecule has 2 aromatic rings. The van der Waals surface area contributed by atoms with Crippen LogP contribution in [0.3, 0.4) is 0 Å². The van der Waals surface area contributed by atoms with E-state index in [0.717, 1.165) is 23.9 Å². The van der Waals surface area contributed by atoms with Gasteiger partial charge in [-0.05, 0) is 24.1 Å². The Balaban J connectivity index is 1.87. The molecule has 2 unspecified atom stereocenters. The minimum Gasteiger partial charge on any atom is -0.481 e. The van der Waals surface area contributed by atoms with E-state index in [2.05, 4.69) is 0 Å². The fraction of sp³-hybridized carbons (Fsp3) is 0.263. The van der Waals surface area contributed by atoms with Gasteiger partial charge in [-0.25, -0.2) is 8.78 Å². The van der Waals surface area contributed by atoms with E-state index in [-0.39, 0.29) is 17.3 Å². The number of benzene rings is 2. The standard InChI is InChI=1S/C19H17F2NO3S/c20-14-6-7-16(15(21)10-14)26-17(12-4-2-1-3-5-12)18(23)22-9-8-13(11-22)19(24)25/h1-7,10,13,17H,8-9,11H2,(H,24,25). The first-order valence-electron chi connectivity index (χ1n) is 8.14. The summed E-state index contributed by atoms with van der Waals surface area (Å²) in [6.07, 6.45) is 0.401. The Bertz CT molecular complexity index is 816. The molecule has 0 bridgehead atoms. The van der Waals surface area contributed by atoms with Crippen molar-refractivity contribution in [2.24, 2.45) is 5.92 Å². The van der Waals surface area contributed by atoms with Crippen molar-refractivity contribution in [3.8, 4) is 0 Å². The molecule has 2 aromatic carbocycles. The number of hydrogen-bond donors (Lipinski definition) is 1. The zero-order valence-corrected chi connectivity index (χ0v) is 14.6. The lowest BCUT2D eigenvalue weighted by Gasteiger charge is -2.23. The smallest absolute Gasteiger partial charge is 0.308 e. The van der Waals surface area contributed by atoms with Gasteiger partial charge in [0.1, 0.15) is 16.9 Å². The Morgan fingerprint density at radius 3 is 2.50 bits per heavy atom. The second-order valence-corrected chi connectivity index (χ2v) is 7.24. The largest absolute Gasteiger partial charge is 0.481 e. The van der Waals surface area contributed by atoms with Gasteiger partial charge < -0.3 is 10.0 Å². The molecule has 0 spiro atoms. The van der Waals surface area contributed by atoms with Crippen LogP contribution < -0.4 is 0 Å². The third-order valence-electron chi connectivity index (χ3n) is 4.31. The molecule has 4 nitrogen and oxygen atoms in total. The number of halogens is 2. The van der Waals surface area contributed by atoms with Gasteiger partial charge >= 0.3 is 5.97 Å². The number of hydrogen-bond acceptors (Lipinski definition) is 3. The van der Waals surface area contributed by atoms with Crippen molar-refractivity contribution in [2.45, 2.75) is 16.6 Å². The van der Waals surface area contributed by atoms with E-state index >= 15 is 0 Å². The molecule has 1 saturated heterocycles. The second-order valence-electron chi connectivity index (χ2n) is 6.09. The number of rotatable bonds is 5. The predicted octanol–water partition coefficient (Wildman–Crippen LogP) is 3.73. The van der Waals surface area contributed by atoms with Crippen LogP contribution in [0.25, 0.3) is 0 Å². The van der Waals surface area contributed by atoms with Gasteiger partial charge in [-0.15, -0.1) is 11.8 Å². The Kier molecular flexibility index (Phi) is 5.56. The number of carboxylic acid groups (broad SMARTS) is 1. The van der Waals surface area contributed by atoms with Crippen LogP contribution in [0, 0.1) is 17.6 Å². The van der Waals surface area contributed by atoms with Crippen molar-refractivity contribution in [3.63, 3.8) is 0 Å². The molecule has 3 rings (SSSR count). The molecule has 136 valence electrons. The summed E-state index contributed by atoms with van der Waals surface area (Å²) in [5.41, 5.74) is 0.685. The molecule has 0 saturated carbocycles. The predicted molar refractivity (Wildman–Crippen MR) is 93.7 cm³/mol. The normalized spacial score (nSPS) is 17.9. The van der Waals surface area contributed by atoms with Gasteiger partial charge in [0.15, 0.2) is 0 Å². The fourth-order valence-corrected chi connectivity index (χ4v) is 4.03. The van der Waals surface area contributed by atoms with Crippen LogP contribution in [-0.2, 0) is 9.59 Å². The Morgan fingerprint density at radius 2 is 1.88 bits per heavy atom. The highest BCUT2D eigenvalue weighted by molar-refractivity contribution is 8.00. The van der Waals surface area contributed by atoms with Crippen molar-refractivity contribution in [1.29, 1.82) is 0 Å². The van der Waals surface area contributed by atoms with Crippen molar-refractivity contribution < 1.29 is 23.5 Å². The number of carbonyl (C=O) groups is 2. The van der Waals surface area contributed by atoms with E-state index in [1.54, 1.807) is 24.3 Å². The number of nitrogens with zero attached hydrogens (tertiary/aromatic N) is 1. The van der Waals surface area contributed by atoms with E-state index in [4.69, 9.17) is 5.11 Å². The molecule has 1 amide bonds. The average molecular weight is 377 g/mol. The number of thioether (sulfide) groups is 1. The third-order valence-corrected chi connectivity index (χ3v) is 5.61. The fourth-order valence-electron chi connectivity index (χ4n) is 2.91. The maximum absolute atomic E-state index is 14.1. The van der Waals surface area contributed by atoms with Crippen LogP contribution in [0.5, 0.6) is 0 Å². The zero-order valence-electron chi connectivity index (χ0n) is 13.8. The van der Waals surface area contributed by atoms with Gasteiger partial charge in [0.2, 0.25) is 5.91 Å². The summed E-state index contributed by atoms with van der Waals surface area (Å²) in [4.78, 5) is 25.8. The zero-order chi connectivity index (χ0) is 18.7. The van der Waals surface area contributed by atoms with Crippen LogP contribution in [0.1, 0.15) is 17.2 Å². The first-order chi connectivity index (χ1) is 12.5. The van der Waals surface area contributed by atoms with Crippen molar-refractivity contribution >= 4 is 23.6 Å². The third kappa shape index (κ3) is 4.04. The molecular formula is C19H17F2NO3S. The Hall–Kier alpha value is -2.41. The van der Waals surface area contributed by atoms with Crippen molar-refractivity contribution in [3.05, 3.63) is 65.7 Å². The first kappa shape index (κ1) is 18.4. The summed E-state index contributed by atoms with van der Waals surface area (Å²) < 4.78 is 27.2. The highest BCUT2D eigenvalue weighted by Crippen LogP contribution is 2.39. The second kappa shape index (κ2) is 7.86.